The van der Waals surface area contributed by atoms with Crippen LogP contribution in [0, 0.1) is 18.3 Å². The summed E-state index contributed by atoms with van der Waals surface area (Å²) in [6.07, 6.45) is 0. The Bertz CT molecular complexity index is 1110. The first kappa shape index (κ1) is 18.1. The van der Waals surface area contributed by atoms with Crippen molar-refractivity contribution in [2.45, 2.75) is 19.3 Å². The van der Waals surface area contributed by atoms with Gasteiger partial charge in [-0.05, 0) is 19.9 Å². The number of anilines is 1. The SMILES string of the molecule is CCOC(=O)c1c(C)sc2c1OC(N)=C(C#N)C21C(=O)N(C)c2ccccc21. The molecule has 2 aromatic rings. The van der Waals surface area contributed by atoms with Crippen LogP contribution in [0.15, 0.2) is 35.7 Å². The summed E-state index contributed by atoms with van der Waals surface area (Å²) in [4.78, 5) is 28.7. The molecule has 1 unspecified atom stereocenters. The second kappa shape index (κ2) is 6.11. The number of aryl methyl sites for hydroxylation is 1. The highest BCUT2D eigenvalue weighted by Crippen LogP contribution is 2.58. The lowest BCUT2D eigenvalue weighted by atomic mass is 9.72. The van der Waals surface area contributed by atoms with E-state index in [0.29, 0.717) is 21.0 Å². The summed E-state index contributed by atoms with van der Waals surface area (Å²) < 4.78 is 10.9. The molecular formula is C20H17N3O4S. The van der Waals surface area contributed by atoms with Gasteiger partial charge in [-0.25, -0.2) is 4.79 Å². The lowest BCUT2D eigenvalue weighted by Gasteiger charge is -2.32. The molecular weight excluding hydrogens is 378 g/mol. The molecule has 8 heteroatoms. The number of ether oxygens (including phenoxy) is 2. The van der Waals surface area contributed by atoms with Crippen LogP contribution in [-0.4, -0.2) is 25.5 Å². The van der Waals surface area contributed by atoms with E-state index >= 15 is 0 Å². The molecule has 1 atom stereocenters. The molecule has 1 amide bonds. The number of hydrogen-bond acceptors (Lipinski definition) is 7. The van der Waals surface area contributed by atoms with Gasteiger partial charge in [-0.2, -0.15) is 5.26 Å². The molecule has 28 heavy (non-hydrogen) atoms. The molecule has 0 saturated heterocycles. The van der Waals surface area contributed by atoms with Gasteiger partial charge in [-0.3, -0.25) is 4.79 Å². The number of fused-ring (bicyclic) bond motifs is 4. The van der Waals surface area contributed by atoms with Crippen LogP contribution < -0.4 is 15.4 Å². The Hall–Kier alpha value is -3.31. The third-order valence-corrected chi connectivity index (χ3v) is 6.31. The number of nitrogens with two attached hydrogens (primary N) is 1. The summed E-state index contributed by atoms with van der Waals surface area (Å²) in [5.74, 6) is -0.852. The first-order valence-electron chi connectivity index (χ1n) is 8.66. The molecule has 0 saturated carbocycles. The number of rotatable bonds is 2. The predicted octanol–water partition coefficient (Wildman–Crippen LogP) is 2.58. The van der Waals surface area contributed by atoms with E-state index in [4.69, 9.17) is 15.2 Å². The number of carbonyl (C=O) groups is 2. The first-order chi connectivity index (χ1) is 13.4. The molecule has 2 aliphatic heterocycles. The zero-order valence-electron chi connectivity index (χ0n) is 15.5. The lowest BCUT2D eigenvalue weighted by Crippen LogP contribution is -2.44. The molecule has 2 aliphatic rings. The van der Waals surface area contributed by atoms with Crippen LogP contribution in [0.2, 0.25) is 0 Å². The minimum atomic E-state index is -1.43. The Balaban J connectivity index is 2.11. The number of hydrogen-bond donors (Lipinski definition) is 1. The van der Waals surface area contributed by atoms with Gasteiger partial charge in [-0.15, -0.1) is 11.3 Å². The van der Waals surface area contributed by atoms with Crippen molar-refractivity contribution in [2.24, 2.45) is 5.73 Å². The average Bonchev–Trinajstić information content (AvgIpc) is 3.11. The van der Waals surface area contributed by atoms with E-state index in [1.807, 2.05) is 12.1 Å². The smallest absolute Gasteiger partial charge is 0.343 e. The van der Waals surface area contributed by atoms with Crippen molar-refractivity contribution in [3.8, 4) is 11.8 Å². The third kappa shape index (κ3) is 2.02. The van der Waals surface area contributed by atoms with Crippen LogP contribution >= 0.6 is 11.3 Å². The van der Waals surface area contributed by atoms with Gasteiger partial charge in [0.15, 0.2) is 11.2 Å². The summed E-state index contributed by atoms with van der Waals surface area (Å²) in [5.41, 5.74) is 6.25. The predicted molar refractivity (Wildman–Crippen MR) is 103 cm³/mol. The molecule has 0 fully saturated rings. The van der Waals surface area contributed by atoms with Crippen molar-refractivity contribution in [3.05, 3.63) is 56.6 Å². The van der Waals surface area contributed by atoms with Crippen LogP contribution in [0.3, 0.4) is 0 Å². The van der Waals surface area contributed by atoms with E-state index in [0.717, 1.165) is 0 Å². The second-order valence-electron chi connectivity index (χ2n) is 6.50. The van der Waals surface area contributed by atoms with Crippen molar-refractivity contribution in [3.63, 3.8) is 0 Å². The number of para-hydroxylation sites is 1. The van der Waals surface area contributed by atoms with Crippen LogP contribution in [0.4, 0.5) is 5.69 Å². The fraction of sp³-hybridized carbons (Fsp3) is 0.250. The van der Waals surface area contributed by atoms with Gasteiger partial charge in [0.05, 0.1) is 11.5 Å². The van der Waals surface area contributed by atoms with Gasteiger partial charge in [0.2, 0.25) is 11.8 Å². The van der Waals surface area contributed by atoms with Crippen LogP contribution in [0.1, 0.15) is 32.6 Å². The first-order valence-corrected chi connectivity index (χ1v) is 9.48. The molecule has 0 aliphatic carbocycles. The fourth-order valence-corrected chi connectivity index (χ4v) is 5.20. The standard InChI is InChI=1S/C20H17N3O4S/c1-4-26-18(24)14-10(2)28-16-15(14)27-17(22)12(9-21)20(16)11-7-5-6-8-13(11)23(3)19(20)25/h5-8H,4,22H2,1-3H3. The molecule has 7 nitrogen and oxygen atoms in total. The van der Waals surface area contributed by atoms with Crippen LogP contribution in [-0.2, 0) is 14.9 Å². The Labute approximate surface area is 165 Å². The zero-order valence-corrected chi connectivity index (χ0v) is 16.3. The molecule has 2 N–H and O–H groups in total. The topological polar surface area (TPSA) is 106 Å². The molecule has 1 spiro atoms. The average molecular weight is 395 g/mol. The quantitative estimate of drug-likeness (QED) is 0.784. The number of likely N-dealkylation sites (N-methyl/N-ethyl adjacent to an activating group) is 1. The summed E-state index contributed by atoms with van der Waals surface area (Å²) in [6, 6.07) is 9.32. The van der Waals surface area contributed by atoms with E-state index in [-0.39, 0.29) is 35.3 Å². The fourth-order valence-electron chi connectivity index (χ4n) is 3.93. The van der Waals surface area contributed by atoms with E-state index in [1.54, 1.807) is 33.0 Å². The molecule has 3 heterocycles. The summed E-state index contributed by atoms with van der Waals surface area (Å²) in [5, 5.41) is 9.89. The molecule has 1 aromatic carbocycles. The number of esters is 1. The molecule has 0 radical (unpaired) electrons. The minimum Gasteiger partial charge on any atom is -0.462 e. The molecule has 1 aromatic heterocycles. The number of nitrogens with zero attached hydrogens (tertiary/aromatic N) is 2. The van der Waals surface area contributed by atoms with E-state index in [2.05, 4.69) is 6.07 Å². The van der Waals surface area contributed by atoms with E-state index in [1.165, 1.54) is 16.2 Å². The molecule has 4 rings (SSSR count). The molecule has 0 bridgehead atoms. The van der Waals surface area contributed by atoms with Crippen molar-refractivity contribution >= 4 is 28.9 Å². The maximum atomic E-state index is 13.6. The van der Waals surface area contributed by atoms with Crippen molar-refractivity contribution < 1.29 is 19.1 Å². The van der Waals surface area contributed by atoms with Crippen molar-refractivity contribution in [2.75, 3.05) is 18.6 Å². The monoisotopic (exact) mass is 395 g/mol. The zero-order chi connectivity index (χ0) is 20.2. The summed E-state index contributed by atoms with van der Waals surface area (Å²) >= 11 is 1.24. The van der Waals surface area contributed by atoms with Crippen LogP contribution in [0.25, 0.3) is 0 Å². The lowest BCUT2D eigenvalue weighted by molar-refractivity contribution is -0.120. The Morgan fingerprint density at radius 3 is 2.82 bits per heavy atom. The number of nitriles is 1. The normalized spacial score (nSPS) is 19.9. The van der Waals surface area contributed by atoms with Gasteiger partial charge < -0.3 is 20.1 Å². The Morgan fingerprint density at radius 1 is 1.43 bits per heavy atom. The number of thiophene rings is 1. The van der Waals surface area contributed by atoms with Gasteiger partial charge in [0, 0.05) is 23.2 Å². The highest BCUT2D eigenvalue weighted by Gasteiger charge is 2.60. The van der Waals surface area contributed by atoms with Crippen LogP contribution in [0.5, 0.6) is 5.75 Å². The highest BCUT2D eigenvalue weighted by atomic mass is 32.1. The number of carbonyl (C=O) groups excluding carboxylic acids is 2. The third-order valence-electron chi connectivity index (χ3n) is 5.10. The maximum Gasteiger partial charge on any atom is 0.343 e. The molecule has 142 valence electrons. The number of benzene rings is 1. The van der Waals surface area contributed by atoms with Crippen molar-refractivity contribution in [1.29, 1.82) is 5.26 Å². The summed E-state index contributed by atoms with van der Waals surface area (Å²) in [7, 11) is 1.66. The van der Waals surface area contributed by atoms with Gasteiger partial charge in [0.1, 0.15) is 17.2 Å². The highest BCUT2D eigenvalue weighted by molar-refractivity contribution is 7.13. The van der Waals surface area contributed by atoms with E-state index < -0.39 is 11.4 Å². The summed E-state index contributed by atoms with van der Waals surface area (Å²) in [6.45, 7) is 3.67. The largest absolute Gasteiger partial charge is 0.462 e. The van der Waals surface area contributed by atoms with Gasteiger partial charge >= 0.3 is 5.97 Å². The van der Waals surface area contributed by atoms with Gasteiger partial charge in [-0.1, -0.05) is 18.2 Å². The maximum absolute atomic E-state index is 13.6. The minimum absolute atomic E-state index is 0.0264. The number of amides is 1. The van der Waals surface area contributed by atoms with Crippen molar-refractivity contribution in [1.82, 2.24) is 0 Å². The second-order valence-corrected chi connectivity index (χ2v) is 7.72. The Kier molecular flexibility index (Phi) is 3.94. The van der Waals surface area contributed by atoms with E-state index in [9.17, 15) is 14.9 Å². The Morgan fingerprint density at radius 2 is 2.14 bits per heavy atom. The van der Waals surface area contributed by atoms with Gasteiger partial charge in [0.25, 0.3) is 0 Å².